The van der Waals surface area contributed by atoms with Gasteiger partial charge in [-0.25, -0.2) is 0 Å². The molecule has 0 aliphatic carbocycles. The number of nitrogens with zero attached hydrogens (tertiary/aromatic N) is 3. The van der Waals surface area contributed by atoms with Crippen LogP contribution >= 0.6 is 0 Å². The summed E-state index contributed by atoms with van der Waals surface area (Å²) in [7, 11) is 1.55. The fourth-order valence-corrected chi connectivity index (χ4v) is 2.24. The first-order valence-electron chi connectivity index (χ1n) is 8.09. The smallest absolute Gasteiger partial charge is 0.549 e. The van der Waals surface area contributed by atoms with Crippen molar-refractivity contribution in [2.75, 3.05) is 66.0 Å². The third-order valence-electron chi connectivity index (χ3n) is 3.71. The van der Waals surface area contributed by atoms with Crippen LogP contribution in [0.1, 0.15) is 13.8 Å². The molecule has 1 radical (unpaired) electrons. The van der Waals surface area contributed by atoms with Crippen LogP contribution in [-0.4, -0.2) is 98.5 Å². The van der Waals surface area contributed by atoms with Crippen LogP contribution in [0.4, 0.5) is 0 Å². The molecule has 26 heavy (non-hydrogen) atoms. The van der Waals surface area contributed by atoms with Crippen molar-refractivity contribution in [3.63, 3.8) is 0 Å². The van der Waals surface area contributed by atoms with Gasteiger partial charge in [-0.3, -0.25) is 14.6 Å². The van der Waals surface area contributed by atoms with Gasteiger partial charge in [-0.2, -0.15) is 0 Å². The number of carbonyl (C=O) groups is 3. The van der Waals surface area contributed by atoms with E-state index in [4.69, 9.17) is 0 Å². The molecule has 0 aromatic carbocycles. The Balaban J connectivity index is -0.00000264. The molecule has 0 fully saturated rings. The van der Waals surface area contributed by atoms with E-state index in [1.165, 1.54) is 4.90 Å². The number of carbonyl (C=O) groups excluding carboxylic acids is 3. The summed E-state index contributed by atoms with van der Waals surface area (Å²) in [5, 5.41) is 24.0. The van der Waals surface area contributed by atoms with Crippen LogP contribution in [0.3, 0.4) is 0 Å². The third kappa shape index (κ3) is 16.8. The predicted octanol–water partition coefficient (Wildman–Crippen LogP) is -6.82. The van der Waals surface area contributed by atoms with Crippen molar-refractivity contribution in [3.05, 3.63) is 0 Å². The van der Waals surface area contributed by atoms with Gasteiger partial charge in [0.05, 0.1) is 18.5 Å². The maximum Gasteiger partial charge on any atom is 3.00 e. The SMILES string of the molecule is CCN(CC)CCN(CCN(CC(=O)[O-])CC(=O)[O-])CC(=O)NC.[Gd+3].[Na+]. The maximum atomic E-state index is 11.6. The zero-order valence-electron chi connectivity index (χ0n) is 16.1. The fourth-order valence-electron chi connectivity index (χ4n) is 2.24. The van der Waals surface area contributed by atoms with Gasteiger partial charge in [0.15, 0.2) is 0 Å². The van der Waals surface area contributed by atoms with Gasteiger partial charge >= 0.3 is 69.5 Å². The normalized spacial score (nSPS) is 10.4. The van der Waals surface area contributed by atoms with Crippen molar-refractivity contribution < 1.29 is 94.1 Å². The van der Waals surface area contributed by atoms with Crippen molar-refractivity contribution in [2.24, 2.45) is 0 Å². The second-order valence-corrected chi connectivity index (χ2v) is 5.43. The van der Waals surface area contributed by atoms with Crippen LogP contribution in [0.2, 0.25) is 0 Å². The van der Waals surface area contributed by atoms with Crippen LogP contribution in [0.5, 0.6) is 0 Å². The van der Waals surface area contributed by atoms with E-state index in [-0.39, 0.29) is 88.5 Å². The Bertz CT molecular complexity index is 397. The van der Waals surface area contributed by atoms with Crippen LogP contribution in [0, 0.1) is 39.9 Å². The first kappa shape index (κ1) is 31.3. The second-order valence-electron chi connectivity index (χ2n) is 5.43. The van der Waals surface area contributed by atoms with Crippen molar-refractivity contribution in [3.8, 4) is 0 Å². The Morgan fingerprint density at radius 3 is 1.50 bits per heavy atom. The van der Waals surface area contributed by atoms with E-state index >= 15 is 0 Å². The monoisotopic (exact) mass is 525 g/mol. The molecule has 0 aliphatic rings. The summed E-state index contributed by atoms with van der Waals surface area (Å²) in [6.07, 6.45) is 0. The summed E-state index contributed by atoms with van der Waals surface area (Å²) in [5.74, 6) is -2.85. The largest absolute Gasteiger partial charge is 3.00 e. The Morgan fingerprint density at radius 1 is 0.769 bits per heavy atom. The number of amides is 1. The van der Waals surface area contributed by atoms with E-state index in [1.807, 2.05) is 18.7 Å². The van der Waals surface area contributed by atoms with Gasteiger partial charge < -0.3 is 30.0 Å². The van der Waals surface area contributed by atoms with Crippen LogP contribution < -0.4 is 45.1 Å². The van der Waals surface area contributed by atoms with Gasteiger partial charge in [-0.1, -0.05) is 13.8 Å². The van der Waals surface area contributed by atoms with Gasteiger partial charge in [0, 0.05) is 46.3 Å². The summed E-state index contributed by atoms with van der Waals surface area (Å²) in [5.41, 5.74) is 0. The van der Waals surface area contributed by atoms with E-state index < -0.39 is 25.0 Å². The average Bonchev–Trinajstić information content (AvgIpc) is 2.51. The van der Waals surface area contributed by atoms with Gasteiger partial charge in [0.1, 0.15) is 0 Å². The number of rotatable bonds is 14. The van der Waals surface area contributed by atoms with Crippen LogP contribution in [0.25, 0.3) is 0 Å². The van der Waals surface area contributed by atoms with Crippen molar-refractivity contribution >= 4 is 17.8 Å². The van der Waals surface area contributed by atoms with Crippen LogP contribution in [-0.2, 0) is 14.4 Å². The second kappa shape index (κ2) is 19.0. The predicted molar refractivity (Wildman–Crippen MR) is 84.7 cm³/mol. The van der Waals surface area contributed by atoms with E-state index in [9.17, 15) is 24.6 Å². The molecular formula is C15H28GdN4NaO5+2. The topological polar surface area (TPSA) is 119 Å². The molecule has 0 rings (SSSR count). The van der Waals surface area contributed by atoms with Crippen molar-refractivity contribution in [2.45, 2.75) is 13.8 Å². The number of hydrogen-bond acceptors (Lipinski definition) is 8. The van der Waals surface area contributed by atoms with E-state index in [0.29, 0.717) is 13.1 Å². The molecule has 0 atom stereocenters. The molecule has 9 nitrogen and oxygen atoms in total. The summed E-state index contributed by atoms with van der Waals surface area (Å²) < 4.78 is 0. The fraction of sp³-hybridized carbons (Fsp3) is 0.800. The zero-order valence-corrected chi connectivity index (χ0v) is 20.4. The first-order valence-corrected chi connectivity index (χ1v) is 8.09. The molecule has 0 saturated carbocycles. The Kier molecular flexibility index (Phi) is 22.8. The Hall–Kier alpha value is 0.615. The molecule has 0 unspecified atom stereocenters. The molecule has 1 N–H and O–H groups in total. The molecule has 0 spiro atoms. The molecular weight excluding hydrogens is 496 g/mol. The number of nitrogens with one attached hydrogen (secondary N) is 1. The summed E-state index contributed by atoms with van der Waals surface area (Å²) in [6, 6.07) is 0. The zero-order chi connectivity index (χ0) is 18.5. The molecule has 0 aliphatic heterocycles. The maximum absolute atomic E-state index is 11.6. The minimum absolute atomic E-state index is 0. The minimum atomic E-state index is -1.35. The summed E-state index contributed by atoms with van der Waals surface area (Å²) in [6.45, 7) is 7.04. The molecule has 0 bridgehead atoms. The summed E-state index contributed by atoms with van der Waals surface area (Å²) in [4.78, 5) is 38.3. The number of carboxylic acids is 2. The van der Waals surface area contributed by atoms with E-state index in [2.05, 4.69) is 10.2 Å². The standard InChI is InChI=1S/C15H30N4O5.Gd.Na/c1-4-17(5-2)6-7-18(10-13(20)16-3)8-9-19(11-14(21)22)12-15(23)24;;/h4-12H2,1-3H3,(H,16,20)(H,21,22)(H,23,24);;/q;+3;+1/p-2. The summed E-state index contributed by atoms with van der Waals surface area (Å²) >= 11 is 0. The van der Waals surface area contributed by atoms with Gasteiger partial charge in [-0.05, 0) is 13.1 Å². The number of hydrogen-bond donors (Lipinski definition) is 1. The van der Waals surface area contributed by atoms with Crippen molar-refractivity contribution in [1.29, 1.82) is 0 Å². The van der Waals surface area contributed by atoms with E-state index in [0.717, 1.165) is 19.6 Å². The van der Waals surface area contributed by atoms with Crippen molar-refractivity contribution in [1.82, 2.24) is 20.0 Å². The number of likely N-dealkylation sites (N-methyl/N-ethyl adjacent to an activating group) is 2. The molecule has 11 heteroatoms. The van der Waals surface area contributed by atoms with Gasteiger partial charge in [-0.15, -0.1) is 0 Å². The quantitative estimate of drug-likeness (QED) is 0.223. The van der Waals surface area contributed by atoms with Gasteiger partial charge in [0.25, 0.3) is 0 Å². The number of carboxylic acid groups (broad SMARTS) is 2. The van der Waals surface area contributed by atoms with E-state index in [1.54, 1.807) is 7.05 Å². The molecule has 145 valence electrons. The molecule has 0 aromatic rings. The molecule has 1 amide bonds. The Morgan fingerprint density at radius 2 is 1.15 bits per heavy atom. The average molecular weight is 525 g/mol. The van der Waals surface area contributed by atoms with Gasteiger partial charge in [0.2, 0.25) is 5.91 Å². The molecule has 0 heterocycles. The third-order valence-corrected chi connectivity index (χ3v) is 3.71. The Labute approximate surface area is 209 Å². The first-order chi connectivity index (χ1) is 11.3. The van der Waals surface area contributed by atoms with Crippen LogP contribution in [0.15, 0.2) is 0 Å². The molecule has 0 aromatic heterocycles. The minimum Gasteiger partial charge on any atom is -0.549 e. The number of aliphatic carboxylic acids is 2. The molecule has 0 saturated heterocycles.